The second-order valence-electron chi connectivity index (χ2n) is 7.91. The van der Waals surface area contributed by atoms with Crippen molar-refractivity contribution in [3.05, 3.63) is 58.6 Å². The number of thiazole rings is 1. The van der Waals surface area contributed by atoms with Gasteiger partial charge >= 0.3 is 0 Å². The summed E-state index contributed by atoms with van der Waals surface area (Å²) in [6.07, 6.45) is 5.80. The average Bonchev–Trinajstić information content (AvgIpc) is 3.15. The standard InChI is InChI=1S/C24H23N3O2S/c25-14-15-5-1-6-16(13-15)18-9-3-10-19(23(18)29-17-7-2-8-17)26-24-27-22-20(28)11-4-12-21(22)30-24/h1,3,5-6,9-10,13,17,20,28H,2,4,7-8,11-12H2,(H,26,27). The molecule has 0 amide bonds. The number of aliphatic hydroxyl groups is 1. The number of para-hydroxylation sites is 1. The number of fused-ring (bicyclic) bond motifs is 1. The summed E-state index contributed by atoms with van der Waals surface area (Å²) in [5, 5.41) is 23.8. The minimum atomic E-state index is -0.466. The molecule has 2 aliphatic carbocycles. The van der Waals surface area contributed by atoms with E-state index >= 15 is 0 Å². The van der Waals surface area contributed by atoms with Gasteiger partial charge in [0.15, 0.2) is 10.9 Å². The van der Waals surface area contributed by atoms with E-state index in [0.29, 0.717) is 5.56 Å². The Morgan fingerprint density at radius 1 is 1.13 bits per heavy atom. The molecule has 152 valence electrons. The highest BCUT2D eigenvalue weighted by molar-refractivity contribution is 7.15. The zero-order chi connectivity index (χ0) is 20.5. The van der Waals surface area contributed by atoms with E-state index in [9.17, 15) is 10.4 Å². The van der Waals surface area contributed by atoms with Crippen LogP contribution in [0.1, 0.15) is 54.3 Å². The largest absolute Gasteiger partial charge is 0.488 e. The van der Waals surface area contributed by atoms with Gasteiger partial charge in [-0.05, 0) is 62.3 Å². The molecule has 1 saturated carbocycles. The molecule has 6 heteroatoms. The number of nitriles is 1. The van der Waals surface area contributed by atoms with E-state index in [0.717, 1.165) is 70.4 Å². The summed E-state index contributed by atoms with van der Waals surface area (Å²) in [4.78, 5) is 5.83. The smallest absolute Gasteiger partial charge is 0.187 e. The summed E-state index contributed by atoms with van der Waals surface area (Å²) in [6, 6.07) is 15.9. The molecule has 5 nitrogen and oxygen atoms in total. The normalized spacial score (nSPS) is 18.2. The predicted octanol–water partition coefficient (Wildman–Crippen LogP) is 5.73. The van der Waals surface area contributed by atoms with Gasteiger partial charge in [-0.1, -0.05) is 24.3 Å². The van der Waals surface area contributed by atoms with E-state index < -0.39 is 6.10 Å². The van der Waals surface area contributed by atoms with Gasteiger partial charge in [0.25, 0.3) is 0 Å². The molecular weight excluding hydrogens is 394 g/mol. The predicted molar refractivity (Wildman–Crippen MR) is 118 cm³/mol. The second kappa shape index (κ2) is 8.10. The number of aryl methyl sites for hydroxylation is 1. The third-order valence-electron chi connectivity index (χ3n) is 5.82. The van der Waals surface area contributed by atoms with Crippen LogP contribution >= 0.6 is 11.3 Å². The number of hydrogen-bond donors (Lipinski definition) is 2. The minimum absolute atomic E-state index is 0.220. The zero-order valence-electron chi connectivity index (χ0n) is 16.6. The lowest BCUT2D eigenvalue weighted by Crippen LogP contribution is -2.25. The van der Waals surface area contributed by atoms with Crippen LogP contribution in [0, 0.1) is 11.3 Å². The van der Waals surface area contributed by atoms with Crippen molar-refractivity contribution >= 4 is 22.2 Å². The van der Waals surface area contributed by atoms with Crippen molar-refractivity contribution in [3.8, 4) is 22.9 Å². The fourth-order valence-corrected chi connectivity index (χ4v) is 5.04. The molecule has 2 aliphatic rings. The van der Waals surface area contributed by atoms with Crippen LogP contribution in [-0.4, -0.2) is 16.2 Å². The van der Waals surface area contributed by atoms with Gasteiger partial charge in [-0.15, -0.1) is 11.3 Å². The van der Waals surface area contributed by atoms with Crippen molar-refractivity contribution in [1.82, 2.24) is 4.98 Å². The Labute approximate surface area is 180 Å². The van der Waals surface area contributed by atoms with Gasteiger partial charge in [0, 0.05) is 10.4 Å². The molecule has 1 aromatic heterocycles. The first-order valence-electron chi connectivity index (χ1n) is 10.5. The number of nitrogens with one attached hydrogen (secondary N) is 1. The fraction of sp³-hybridized carbons (Fsp3) is 0.333. The van der Waals surface area contributed by atoms with Crippen LogP contribution in [0.3, 0.4) is 0 Å². The topological polar surface area (TPSA) is 78.2 Å². The molecule has 1 heterocycles. The molecule has 0 aliphatic heterocycles. The Balaban J connectivity index is 1.53. The third-order valence-corrected chi connectivity index (χ3v) is 6.87. The summed E-state index contributed by atoms with van der Waals surface area (Å²) in [7, 11) is 0. The Morgan fingerprint density at radius 3 is 2.77 bits per heavy atom. The van der Waals surface area contributed by atoms with Crippen molar-refractivity contribution in [1.29, 1.82) is 5.26 Å². The molecule has 1 fully saturated rings. The molecule has 0 bridgehead atoms. The summed E-state index contributed by atoms with van der Waals surface area (Å²) < 4.78 is 6.42. The molecule has 5 rings (SSSR count). The second-order valence-corrected chi connectivity index (χ2v) is 8.99. The van der Waals surface area contributed by atoms with E-state index in [1.54, 1.807) is 11.3 Å². The highest BCUT2D eigenvalue weighted by Crippen LogP contribution is 2.42. The first-order valence-corrected chi connectivity index (χ1v) is 11.3. The molecular formula is C24H23N3O2S. The third kappa shape index (κ3) is 3.67. The van der Waals surface area contributed by atoms with E-state index in [4.69, 9.17) is 4.74 Å². The number of hydrogen-bond acceptors (Lipinski definition) is 6. The monoisotopic (exact) mass is 417 g/mol. The number of anilines is 2. The fourth-order valence-electron chi connectivity index (χ4n) is 3.97. The highest BCUT2D eigenvalue weighted by atomic mass is 32.1. The molecule has 1 unspecified atom stereocenters. The van der Waals surface area contributed by atoms with Crippen molar-refractivity contribution in [2.75, 3.05) is 5.32 Å². The number of benzene rings is 2. The van der Waals surface area contributed by atoms with Crippen molar-refractivity contribution < 1.29 is 9.84 Å². The van der Waals surface area contributed by atoms with E-state index in [1.807, 2.05) is 42.5 Å². The van der Waals surface area contributed by atoms with Crippen LogP contribution in [0.15, 0.2) is 42.5 Å². The van der Waals surface area contributed by atoms with E-state index in [-0.39, 0.29) is 6.10 Å². The van der Waals surface area contributed by atoms with Crippen LogP contribution in [0.25, 0.3) is 11.1 Å². The van der Waals surface area contributed by atoms with Gasteiger partial charge in [-0.3, -0.25) is 0 Å². The Hall–Kier alpha value is -2.88. The van der Waals surface area contributed by atoms with Gasteiger partial charge in [-0.2, -0.15) is 5.26 Å². The van der Waals surface area contributed by atoms with E-state index in [1.165, 1.54) is 6.42 Å². The number of aliphatic hydroxyl groups excluding tert-OH is 1. The minimum Gasteiger partial charge on any atom is -0.488 e. The zero-order valence-corrected chi connectivity index (χ0v) is 17.4. The first-order chi connectivity index (χ1) is 14.7. The Morgan fingerprint density at radius 2 is 2.00 bits per heavy atom. The molecule has 2 aromatic carbocycles. The number of ether oxygens (including phenoxy) is 1. The molecule has 1 atom stereocenters. The lowest BCUT2D eigenvalue weighted by Gasteiger charge is -2.29. The van der Waals surface area contributed by atoms with Crippen molar-refractivity contribution in [2.45, 2.75) is 50.7 Å². The van der Waals surface area contributed by atoms with Gasteiger partial charge in [-0.25, -0.2) is 4.98 Å². The maximum Gasteiger partial charge on any atom is 0.187 e. The SMILES string of the molecule is N#Cc1cccc(-c2cccc(Nc3nc4c(s3)CCCC4O)c2OC2CCC2)c1. The van der Waals surface area contributed by atoms with Crippen LogP contribution in [-0.2, 0) is 6.42 Å². The van der Waals surface area contributed by atoms with Crippen LogP contribution in [0.2, 0.25) is 0 Å². The highest BCUT2D eigenvalue weighted by Gasteiger charge is 2.25. The maximum atomic E-state index is 10.3. The Bertz CT molecular complexity index is 1110. The van der Waals surface area contributed by atoms with Crippen molar-refractivity contribution in [3.63, 3.8) is 0 Å². The van der Waals surface area contributed by atoms with Crippen molar-refractivity contribution in [2.24, 2.45) is 0 Å². The summed E-state index contributed by atoms with van der Waals surface area (Å²) in [5.41, 5.74) is 4.23. The summed E-state index contributed by atoms with van der Waals surface area (Å²) >= 11 is 1.61. The van der Waals surface area contributed by atoms with E-state index in [2.05, 4.69) is 16.4 Å². The van der Waals surface area contributed by atoms with Gasteiger partial charge < -0.3 is 15.2 Å². The molecule has 2 N–H and O–H groups in total. The number of nitrogens with zero attached hydrogens (tertiary/aromatic N) is 2. The van der Waals surface area contributed by atoms with Crippen LogP contribution in [0.4, 0.5) is 10.8 Å². The summed E-state index contributed by atoms with van der Waals surface area (Å²) in [6.45, 7) is 0. The van der Waals surface area contributed by atoms with Gasteiger partial charge in [0.05, 0.1) is 35.2 Å². The first kappa shape index (κ1) is 19.1. The molecule has 30 heavy (non-hydrogen) atoms. The number of aromatic nitrogens is 1. The van der Waals surface area contributed by atoms with Gasteiger partial charge in [0.1, 0.15) is 0 Å². The maximum absolute atomic E-state index is 10.3. The molecule has 3 aromatic rings. The quantitative estimate of drug-likeness (QED) is 0.555. The average molecular weight is 418 g/mol. The number of rotatable bonds is 5. The lowest BCUT2D eigenvalue weighted by atomic mass is 9.95. The van der Waals surface area contributed by atoms with Crippen LogP contribution < -0.4 is 10.1 Å². The summed E-state index contributed by atoms with van der Waals surface area (Å²) in [5.74, 6) is 0.797. The van der Waals surface area contributed by atoms with Crippen LogP contribution in [0.5, 0.6) is 5.75 Å². The van der Waals surface area contributed by atoms with Gasteiger partial charge in [0.2, 0.25) is 0 Å². The molecule has 0 radical (unpaired) electrons. The molecule has 0 saturated heterocycles. The Kier molecular flexibility index (Phi) is 5.16. The molecule has 0 spiro atoms. The lowest BCUT2D eigenvalue weighted by molar-refractivity contribution is 0.122.